The van der Waals surface area contributed by atoms with E-state index in [1.807, 2.05) is 17.8 Å². The van der Waals surface area contributed by atoms with Crippen molar-refractivity contribution in [3.8, 4) is 0 Å². The fourth-order valence-corrected chi connectivity index (χ4v) is 2.75. The number of carbonyl (C=O) groups excluding carboxylic acids is 1. The first-order chi connectivity index (χ1) is 12.1. The Hall–Kier alpha value is -2.81. The van der Waals surface area contributed by atoms with Crippen LogP contribution in [0.15, 0.2) is 24.8 Å². The minimum Gasteiger partial charge on any atom is -0.476 e. The molecule has 25 heavy (non-hydrogen) atoms. The Labute approximate surface area is 144 Å². The monoisotopic (exact) mass is 345 g/mol. The van der Waals surface area contributed by atoms with E-state index in [9.17, 15) is 9.59 Å². The minimum atomic E-state index is -1.19. The van der Waals surface area contributed by atoms with Crippen molar-refractivity contribution in [1.82, 2.24) is 25.1 Å². The predicted molar refractivity (Wildman–Crippen MR) is 86.1 cm³/mol. The fourth-order valence-electron chi connectivity index (χ4n) is 2.75. The third-order valence-electron chi connectivity index (χ3n) is 4.05. The summed E-state index contributed by atoms with van der Waals surface area (Å²) >= 11 is 0. The van der Waals surface area contributed by atoms with Gasteiger partial charge in [-0.15, -0.1) is 0 Å². The van der Waals surface area contributed by atoms with Gasteiger partial charge in [-0.1, -0.05) is 0 Å². The maximum atomic E-state index is 12.4. The highest BCUT2D eigenvalue weighted by Gasteiger charge is 2.30. The Morgan fingerprint density at radius 3 is 2.72 bits per heavy atom. The Kier molecular flexibility index (Phi) is 5.03. The quantitative estimate of drug-likeness (QED) is 0.831. The second-order valence-electron chi connectivity index (χ2n) is 5.73. The Balaban J connectivity index is 1.72. The summed E-state index contributed by atoms with van der Waals surface area (Å²) in [5, 5.41) is 16.0. The van der Waals surface area contributed by atoms with Crippen LogP contribution in [0.4, 0.5) is 0 Å². The van der Waals surface area contributed by atoms with Gasteiger partial charge in [-0.05, 0) is 19.8 Å². The van der Waals surface area contributed by atoms with Crippen molar-refractivity contribution in [2.24, 2.45) is 0 Å². The summed E-state index contributed by atoms with van der Waals surface area (Å²) in [7, 11) is 0. The third kappa shape index (κ3) is 3.82. The first kappa shape index (κ1) is 17.0. The lowest BCUT2D eigenvalue weighted by Gasteiger charge is -2.31. The van der Waals surface area contributed by atoms with Crippen LogP contribution < -0.4 is 5.32 Å². The van der Waals surface area contributed by atoms with Crippen molar-refractivity contribution in [1.29, 1.82) is 0 Å². The summed E-state index contributed by atoms with van der Waals surface area (Å²) in [6, 6.07) is -0.211. The molecule has 0 bridgehead atoms. The molecule has 1 fully saturated rings. The summed E-state index contributed by atoms with van der Waals surface area (Å²) in [5.41, 5.74) is 0.778. The minimum absolute atomic E-state index is 0.0681. The van der Waals surface area contributed by atoms with E-state index in [0.29, 0.717) is 6.61 Å². The molecule has 2 N–H and O–H groups in total. The van der Waals surface area contributed by atoms with Crippen LogP contribution in [0.2, 0.25) is 0 Å². The molecule has 0 unspecified atom stereocenters. The largest absolute Gasteiger partial charge is 0.476 e. The number of nitrogens with zero attached hydrogens (tertiary/aromatic N) is 4. The van der Waals surface area contributed by atoms with Crippen LogP contribution in [0.1, 0.15) is 52.4 Å². The first-order valence-corrected chi connectivity index (χ1v) is 8.08. The molecule has 2 aromatic rings. The van der Waals surface area contributed by atoms with Crippen molar-refractivity contribution < 1.29 is 19.4 Å². The van der Waals surface area contributed by atoms with Gasteiger partial charge in [-0.2, -0.15) is 5.10 Å². The third-order valence-corrected chi connectivity index (χ3v) is 4.05. The number of amides is 1. The number of carboxylic acids is 1. The van der Waals surface area contributed by atoms with Crippen LogP contribution in [-0.4, -0.2) is 49.4 Å². The van der Waals surface area contributed by atoms with Crippen LogP contribution in [0, 0.1) is 0 Å². The average molecular weight is 345 g/mol. The topological polar surface area (TPSA) is 119 Å². The number of aromatic nitrogens is 4. The SMILES string of the molecule is CCn1cc([C@H]2OCCC[C@@H]2NC(=O)c2cnc(C(=O)O)cn2)cn1. The highest BCUT2D eigenvalue weighted by atomic mass is 16.5. The molecule has 132 valence electrons. The number of aromatic carboxylic acids is 1. The molecule has 0 spiro atoms. The summed E-state index contributed by atoms with van der Waals surface area (Å²) < 4.78 is 7.65. The van der Waals surface area contributed by atoms with Gasteiger partial charge >= 0.3 is 5.97 Å². The number of aryl methyl sites for hydroxylation is 1. The van der Waals surface area contributed by atoms with Crippen LogP contribution in [-0.2, 0) is 11.3 Å². The second kappa shape index (κ2) is 7.39. The van der Waals surface area contributed by atoms with Crippen molar-refractivity contribution in [3.63, 3.8) is 0 Å². The van der Waals surface area contributed by atoms with Gasteiger partial charge < -0.3 is 15.2 Å². The molecule has 1 amide bonds. The zero-order chi connectivity index (χ0) is 17.8. The lowest BCUT2D eigenvalue weighted by atomic mass is 9.98. The maximum Gasteiger partial charge on any atom is 0.356 e. The summed E-state index contributed by atoms with van der Waals surface area (Å²) in [6.45, 7) is 3.38. The summed E-state index contributed by atoms with van der Waals surface area (Å²) in [6.07, 6.45) is 7.23. The fraction of sp³-hybridized carbons (Fsp3) is 0.438. The van der Waals surface area contributed by atoms with Gasteiger partial charge in [0.2, 0.25) is 0 Å². The Bertz CT molecular complexity index is 758. The van der Waals surface area contributed by atoms with Gasteiger partial charge in [0.25, 0.3) is 5.91 Å². The molecule has 0 aromatic carbocycles. The normalized spacial score (nSPS) is 20.2. The molecule has 9 heteroatoms. The van der Waals surface area contributed by atoms with Gasteiger partial charge in [0.05, 0.1) is 24.6 Å². The first-order valence-electron chi connectivity index (χ1n) is 8.08. The smallest absolute Gasteiger partial charge is 0.356 e. The van der Waals surface area contributed by atoms with Crippen LogP contribution >= 0.6 is 0 Å². The molecular weight excluding hydrogens is 326 g/mol. The molecule has 1 aliphatic rings. The van der Waals surface area contributed by atoms with E-state index in [1.54, 1.807) is 6.20 Å². The molecule has 0 radical (unpaired) electrons. The standard InChI is InChI=1S/C16H19N5O4/c1-2-21-9-10(6-19-21)14-11(4-3-5-25-14)20-15(22)12-7-18-13(8-17-12)16(23)24/h6-9,11,14H,2-5H2,1H3,(H,20,22)(H,23,24)/t11-,14+/m0/s1. The molecule has 2 atom stereocenters. The van der Waals surface area contributed by atoms with E-state index >= 15 is 0 Å². The van der Waals surface area contributed by atoms with E-state index in [0.717, 1.165) is 37.3 Å². The molecule has 0 aliphatic carbocycles. The highest BCUT2D eigenvalue weighted by molar-refractivity contribution is 5.93. The molecule has 2 aromatic heterocycles. The van der Waals surface area contributed by atoms with Gasteiger partial charge in [-0.3, -0.25) is 9.48 Å². The number of carboxylic acid groups (broad SMARTS) is 1. The van der Waals surface area contributed by atoms with Crippen molar-refractivity contribution in [2.45, 2.75) is 38.5 Å². The van der Waals surface area contributed by atoms with E-state index < -0.39 is 11.9 Å². The van der Waals surface area contributed by atoms with Gasteiger partial charge in [0.1, 0.15) is 11.8 Å². The van der Waals surface area contributed by atoms with E-state index in [2.05, 4.69) is 20.4 Å². The number of carbonyl (C=O) groups is 2. The number of hydrogen-bond donors (Lipinski definition) is 2. The maximum absolute atomic E-state index is 12.4. The molecular formula is C16H19N5O4. The number of nitrogens with one attached hydrogen (secondary N) is 1. The lowest BCUT2D eigenvalue weighted by molar-refractivity contribution is -0.00956. The van der Waals surface area contributed by atoms with E-state index in [1.165, 1.54) is 0 Å². The summed E-state index contributed by atoms with van der Waals surface area (Å²) in [5.74, 6) is -1.60. The Morgan fingerprint density at radius 1 is 1.32 bits per heavy atom. The number of hydrogen-bond acceptors (Lipinski definition) is 6. The second-order valence-corrected chi connectivity index (χ2v) is 5.73. The zero-order valence-electron chi connectivity index (χ0n) is 13.8. The highest BCUT2D eigenvalue weighted by Crippen LogP contribution is 2.28. The predicted octanol–water partition coefficient (Wildman–Crippen LogP) is 1.04. The Morgan fingerprint density at radius 2 is 2.08 bits per heavy atom. The molecule has 3 rings (SSSR count). The average Bonchev–Trinajstić information content (AvgIpc) is 3.11. The molecule has 9 nitrogen and oxygen atoms in total. The number of ether oxygens (including phenoxy) is 1. The van der Waals surface area contributed by atoms with Crippen LogP contribution in [0.25, 0.3) is 0 Å². The lowest BCUT2D eigenvalue weighted by Crippen LogP contribution is -2.43. The van der Waals surface area contributed by atoms with E-state index in [-0.39, 0.29) is 23.5 Å². The van der Waals surface area contributed by atoms with E-state index in [4.69, 9.17) is 9.84 Å². The molecule has 3 heterocycles. The number of rotatable bonds is 5. The zero-order valence-corrected chi connectivity index (χ0v) is 13.8. The molecule has 0 saturated carbocycles. The molecule has 1 aliphatic heterocycles. The van der Waals surface area contributed by atoms with Gasteiger partial charge in [-0.25, -0.2) is 14.8 Å². The van der Waals surface area contributed by atoms with Crippen molar-refractivity contribution in [2.75, 3.05) is 6.61 Å². The summed E-state index contributed by atoms with van der Waals surface area (Å²) in [4.78, 5) is 30.8. The van der Waals surface area contributed by atoms with Gasteiger partial charge in [0.15, 0.2) is 5.69 Å². The van der Waals surface area contributed by atoms with Crippen molar-refractivity contribution >= 4 is 11.9 Å². The molecule has 1 saturated heterocycles. The van der Waals surface area contributed by atoms with Crippen LogP contribution in [0.5, 0.6) is 0 Å². The van der Waals surface area contributed by atoms with Gasteiger partial charge in [0, 0.05) is 24.9 Å². The van der Waals surface area contributed by atoms with Crippen molar-refractivity contribution in [3.05, 3.63) is 41.7 Å². The van der Waals surface area contributed by atoms with Crippen LogP contribution in [0.3, 0.4) is 0 Å².